The van der Waals surface area contributed by atoms with Crippen molar-refractivity contribution in [3.63, 3.8) is 0 Å². The van der Waals surface area contributed by atoms with E-state index in [1.807, 2.05) is 0 Å². The molecule has 0 rings (SSSR count). The molecule has 0 amide bonds. The molecular formula is C3H9NO4. The van der Waals surface area contributed by atoms with E-state index in [0.717, 1.165) is 0 Å². The topological polar surface area (TPSA) is 104 Å². The Bertz CT molecular complexity index is 49.2. The SMILES string of the molecule is NCCO.O=C(O)O. The van der Waals surface area contributed by atoms with Gasteiger partial charge in [0.1, 0.15) is 0 Å². The summed E-state index contributed by atoms with van der Waals surface area (Å²) in [4.78, 5) is 8.56. The molecule has 0 aromatic carbocycles. The van der Waals surface area contributed by atoms with Crippen molar-refractivity contribution in [2.45, 2.75) is 0 Å². The lowest BCUT2D eigenvalue weighted by Gasteiger charge is -1.71. The number of hydrogen-bond acceptors (Lipinski definition) is 3. The van der Waals surface area contributed by atoms with Gasteiger partial charge in [0, 0.05) is 6.54 Å². The second-order valence-electron chi connectivity index (χ2n) is 0.795. The summed E-state index contributed by atoms with van der Waals surface area (Å²) in [5.41, 5.74) is 4.78. The first kappa shape index (κ1) is 10.2. The largest absolute Gasteiger partial charge is 0.503 e. The van der Waals surface area contributed by atoms with Crippen LogP contribution in [0.15, 0.2) is 0 Å². The summed E-state index contributed by atoms with van der Waals surface area (Å²) in [5, 5.41) is 21.7. The Morgan fingerprint density at radius 1 is 1.50 bits per heavy atom. The number of carbonyl (C=O) groups is 1. The average Bonchev–Trinajstić information content (AvgIpc) is 1.65. The van der Waals surface area contributed by atoms with Gasteiger partial charge in [0.05, 0.1) is 6.61 Å². The lowest BCUT2D eigenvalue weighted by molar-refractivity contribution is 0.137. The molecule has 0 aromatic heterocycles. The molecule has 50 valence electrons. The smallest absolute Gasteiger partial charge is 0.450 e. The van der Waals surface area contributed by atoms with Crippen LogP contribution in [0.3, 0.4) is 0 Å². The van der Waals surface area contributed by atoms with E-state index in [-0.39, 0.29) is 6.61 Å². The molecule has 0 aliphatic heterocycles. The number of rotatable bonds is 1. The number of aliphatic hydroxyl groups excluding tert-OH is 1. The van der Waals surface area contributed by atoms with Crippen molar-refractivity contribution in [1.82, 2.24) is 0 Å². The van der Waals surface area contributed by atoms with E-state index < -0.39 is 6.16 Å². The third-order valence-electron chi connectivity index (χ3n) is 0.129. The lowest BCUT2D eigenvalue weighted by atomic mass is 10.8. The quantitative estimate of drug-likeness (QED) is 0.364. The maximum Gasteiger partial charge on any atom is 0.503 e. The summed E-state index contributed by atoms with van der Waals surface area (Å²) in [6.07, 6.45) is -1.83. The van der Waals surface area contributed by atoms with Gasteiger partial charge in [0.2, 0.25) is 0 Å². The molecular weight excluding hydrogens is 114 g/mol. The van der Waals surface area contributed by atoms with Gasteiger partial charge in [-0.15, -0.1) is 0 Å². The van der Waals surface area contributed by atoms with E-state index in [1.165, 1.54) is 0 Å². The monoisotopic (exact) mass is 123 g/mol. The minimum atomic E-state index is -1.83. The first-order valence-electron chi connectivity index (χ1n) is 1.88. The first-order valence-corrected chi connectivity index (χ1v) is 1.88. The van der Waals surface area contributed by atoms with Crippen molar-refractivity contribution in [2.24, 2.45) is 5.73 Å². The van der Waals surface area contributed by atoms with Gasteiger partial charge in [-0.25, -0.2) is 4.79 Å². The summed E-state index contributed by atoms with van der Waals surface area (Å²) in [6, 6.07) is 0. The second-order valence-corrected chi connectivity index (χ2v) is 0.795. The van der Waals surface area contributed by atoms with Gasteiger partial charge in [0.25, 0.3) is 0 Å². The summed E-state index contributed by atoms with van der Waals surface area (Å²) in [6.45, 7) is 0.472. The van der Waals surface area contributed by atoms with Gasteiger partial charge >= 0.3 is 6.16 Å². The van der Waals surface area contributed by atoms with Crippen LogP contribution < -0.4 is 5.73 Å². The van der Waals surface area contributed by atoms with Crippen LogP contribution in [-0.2, 0) is 0 Å². The van der Waals surface area contributed by atoms with Crippen LogP contribution in [0.25, 0.3) is 0 Å². The molecule has 0 unspecified atom stereocenters. The molecule has 0 saturated heterocycles. The van der Waals surface area contributed by atoms with Crippen molar-refractivity contribution in [2.75, 3.05) is 13.2 Å². The molecule has 5 heteroatoms. The molecule has 5 N–H and O–H groups in total. The maximum atomic E-state index is 8.56. The molecule has 0 heterocycles. The zero-order valence-corrected chi connectivity index (χ0v) is 4.24. The minimum Gasteiger partial charge on any atom is -0.450 e. The molecule has 0 aromatic rings. The molecule has 0 saturated carbocycles. The maximum absolute atomic E-state index is 8.56. The van der Waals surface area contributed by atoms with E-state index in [9.17, 15) is 0 Å². The van der Waals surface area contributed by atoms with Gasteiger partial charge < -0.3 is 21.1 Å². The molecule has 0 aliphatic rings. The average molecular weight is 123 g/mol. The molecule has 0 fully saturated rings. The van der Waals surface area contributed by atoms with E-state index >= 15 is 0 Å². The Kier molecular flexibility index (Phi) is 12.1. The lowest BCUT2D eigenvalue weighted by Crippen LogP contribution is -2.02. The Hall–Kier alpha value is -0.810. The Morgan fingerprint density at radius 3 is 1.62 bits per heavy atom. The first-order chi connectivity index (χ1) is 3.65. The molecule has 0 aliphatic carbocycles. The summed E-state index contributed by atoms with van der Waals surface area (Å²) < 4.78 is 0. The zero-order valence-electron chi connectivity index (χ0n) is 4.24. The van der Waals surface area contributed by atoms with E-state index in [4.69, 9.17) is 25.8 Å². The van der Waals surface area contributed by atoms with Crippen LogP contribution in [0.2, 0.25) is 0 Å². The molecule has 0 spiro atoms. The normalized spacial score (nSPS) is 6.75. The Morgan fingerprint density at radius 2 is 1.62 bits per heavy atom. The van der Waals surface area contributed by atoms with Crippen molar-refractivity contribution in [3.05, 3.63) is 0 Å². The Labute approximate surface area is 46.4 Å². The van der Waals surface area contributed by atoms with Gasteiger partial charge in [-0.1, -0.05) is 0 Å². The van der Waals surface area contributed by atoms with Crippen molar-refractivity contribution in [3.8, 4) is 0 Å². The van der Waals surface area contributed by atoms with E-state index in [1.54, 1.807) is 0 Å². The fourth-order valence-corrected chi connectivity index (χ4v) is 0. The van der Waals surface area contributed by atoms with Crippen LogP contribution in [0.5, 0.6) is 0 Å². The van der Waals surface area contributed by atoms with Crippen LogP contribution in [-0.4, -0.2) is 34.6 Å². The van der Waals surface area contributed by atoms with Gasteiger partial charge in [-0.05, 0) is 0 Å². The van der Waals surface area contributed by atoms with Gasteiger partial charge in [-0.3, -0.25) is 0 Å². The van der Waals surface area contributed by atoms with Crippen molar-refractivity contribution in [1.29, 1.82) is 0 Å². The highest BCUT2D eigenvalue weighted by Crippen LogP contribution is 1.42. The number of aliphatic hydroxyl groups is 1. The van der Waals surface area contributed by atoms with Gasteiger partial charge in [0.15, 0.2) is 0 Å². The molecule has 5 nitrogen and oxygen atoms in total. The fraction of sp³-hybridized carbons (Fsp3) is 0.667. The van der Waals surface area contributed by atoms with Crippen molar-refractivity contribution >= 4 is 6.16 Å². The third kappa shape index (κ3) is 2520. The Balaban J connectivity index is 0. The van der Waals surface area contributed by atoms with Crippen LogP contribution in [0.4, 0.5) is 4.79 Å². The summed E-state index contributed by atoms with van der Waals surface area (Å²) >= 11 is 0. The molecule has 0 bridgehead atoms. The van der Waals surface area contributed by atoms with Gasteiger partial charge in [-0.2, -0.15) is 0 Å². The highest BCUT2D eigenvalue weighted by molar-refractivity contribution is 5.53. The van der Waals surface area contributed by atoms with E-state index in [0.29, 0.717) is 6.54 Å². The summed E-state index contributed by atoms with van der Waals surface area (Å²) in [7, 11) is 0. The molecule has 0 atom stereocenters. The predicted octanol–water partition coefficient (Wildman–Crippen LogP) is -0.840. The van der Waals surface area contributed by atoms with Crippen LogP contribution in [0, 0.1) is 0 Å². The predicted molar refractivity (Wildman–Crippen MR) is 26.8 cm³/mol. The summed E-state index contributed by atoms with van der Waals surface area (Å²) in [5.74, 6) is 0. The standard InChI is InChI=1S/C2H7NO.CH2O3/c3-1-2-4;2-1(3)4/h4H,1-3H2;(H2,2,3,4). The van der Waals surface area contributed by atoms with E-state index in [2.05, 4.69) is 0 Å². The minimum absolute atomic E-state index is 0.0972. The molecule has 0 radical (unpaired) electrons. The molecule has 8 heavy (non-hydrogen) atoms. The third-order valence-corrected chi connectivity index (χ3v) is 0.129. The number of hydrogen-bond donors (Lipinski definition) is 4. The van der Waals surface area contributed by atoms with Crippen LogP contribution in [0.1, 0.15) is 0 Å². The fourth-order valence-electron chi connectivity index (χ4n) is 0. The number of nitrogens with two attached hydrogens (primary N) is 1. The highest BCUT2D eigenvalue weighted by Gasteiger charge is 1.70. The zero-order chi connectivity index (χ0) is 6.99. The highest BCUT2D eigenvalue weighted by atomic mass is 16.6. The second kappa shape index (κ2) is 9.50. The van der Waals surface area contributed by atoms with Crippen molar-refractivity contribution < 1.29 is 20.1 Å². The number of carboxylic acid groups (broad SMARTS) is 2. The van der Waals surface area contributed by atoms with Crippen LogP contribution >= 0.6 is 0 Å².